The van der Waals surface area contributed by atoms with Gasteiger partial charge in [0.05, 0.1) is 13.0 Å². The highest BCUT2D eigenvalue weighted by Crippen LogP contribution is 2.03. The maximum Gasteiger partial charge on any atom is 0.310 e. The predicted octanol–water partition coefficient (Wildman–Crippen LogP) is 0.594. The lowest BCUT2D eigenvalue weighted by Gasteiger charge is -2.14. The van der Waals surface area contributed by atoms with E-state index in [1.165, 1.54) is 7.11 Å². The average Bonchev–Trinajstić information content (AvgIpc) is 2.99. The van der Waals surface area contributed by atoms with Gasteiger partial charge in [-0.2, -0.15) is 0 Å². The number of esters is 1. The number of hydrogen-bond acceptors (Lipinski definition) is 5. The van der Waals surface area contributed by atoms with Gasteiger partial charge in [-0.1, -0.05) is 13.0 Å². The zero-order valence-corrected chi connectivity index (χ0v) is 13.6. The molecule has 2 heterocycles. The Bertz CT molecular complexity index is 681. The third-order valence-electron chi connectivity index (χ3n) is 3.29. The molecular formula is C15H22N6O2. The summed E-state index contributed by atoms with van der Waals surface area (Å²) in [5.41, 5.74) is 0.787. The molecule has 0 bridgehead atoms. The molecule has 8 heteroatoms. The summed E-state index contributed by atoms with van der Waals surface area (Å²) in [6.45, 7) is 5.33. The van der Waals surface area contributed by atoms with E-state index >= 15 is 0 Å². The molecule has 0 aliphatic carbocycles. The first-order chi connectivity index (χ1) is 11.2. The molecule has 0 spiro atoms. The molecule has 2 aromatic heterocycles. The maximum absolute atomic E-state index is 11.4. The van der Waals surface area contributed by atoms with E-state index in [9.17, 15) is 4.79 Å². The second-order valence-electron chi connectivity index (χ2n) is 5.05. The molecule has 1 unspecified atom stereocenters. The first-order valence-electron chi connectivity index (χ1n) is 7.54. The largest absolute Gasteiger partial charge is 0.469 e. The van der Waals surface area contributed by atoms with Crippen LogP contribution in [0.15, 0.2) is 29.4 Å². The highest BCUT2D eigenvalue weighted by molar-refractivity contribution is 5.80. The highest BCUT2D eigenvalue weighted by atomic mass is 16.5. The molecule has 23 heavy (non-hydrogen) atoms. The van der Waals surface area contributed by atoms with Gasteiger partial charge in [0.2, 0.25) is 0 Å². The lowest BCUT2D eigenvalue weighted by molar-refractivity contribution is -0.144. The van der Waals surface area contributed by atoms with Crippen LogP contribution >= 0.6 is 0 Å². The Balaban J connectivity index is 2.02. The number of hydrogen-bond donors (Lipinski definition) is 2. The van der Waals surface area contributed by atoms with Crippen molar-refractivity contribution in [2.45, 2.75) is 20.4 Å². The van der Waals surface area contributed by atoms with Crippen LogP contribution in [0.3, 0.4) is 0 Å². The predicted molar refractivity (Wildman–Crippen MR) is 87.0 cm³/mol. The first-order valence-corrected chi connectivity index (χ1v) is 7.54. The van der Waals surface area contributed by atoms with E-state index < -0.39 is 0 Å². The minimum absolute atomic E-state index is 0.252. The normalized spacial score (nSPS) is 12.9. The topological polar surface area (TPSA) is 92.9 Å². The highest BCUT2D eigenvalue weighted by Gasteiger charge is 2.13. The first kappa shape index (κ1) is 16.7. The zero-order chi connectivity index (χ0) is 16.7. The van der Waals surface area contributed by atoms with E-state index in [0.717, 1.165) is 18.0 Å². The van der Waals surface area contributed by atoms with Gasteiger partial charge >= 0.3 is 5.97 Å². The molecule has 0 aliphatic rings. The monoisotopic (exact) mass is 318 g/mol. The molecule has 0 saturated heterocycles. The molecule has 0 radical (unpaired) electrons. The lowest BCUT2D eigenvalue weighted by Crippen LogP contribution is -2.40. The molecule has 2 N–H and O–H groups in total. The van der Waals surface area contributed by atoms with E-state index in [1.807, 2.05) is 35.7 Å². The number of ether oxygens (including phenoxy) is 1. The van der Waals surface area contributed by atoms with Gasteiger partial charge in [0.25, 0.3) is 0 Å². The van der Waals surface area contributed by atoms with Crippen molar-refractivity contribution in [3.05, 3.63) is 30.2 Å². The number of aliphatic imine (C=N–C) groups is 1. The summed E-state index contributed by atoms with van der Waals surface area (Å²) < 4.78 is 6.60. The quantitative estimate of drug-likeness (QED) is 0.460. The molecule has 0 amide bonds. The van der Waals surface area contributed by atoms with Crippen molar-refractivity contribution in [2.75, 3.05) is 20.2 Å². The summed E-state index contributed by atoms with van der Waals surface area (Å²) in [7, 11) is 1.38. The summed E-state index contributed by atoms with van der Waals surface area (Å²) in [4.78, 5) is 15.9. The fraction of sp³-hybridized carbons (Fsp3) is 0.467. The Morgan fingerprint density at radius 3 is 2.96 bits per heavy atom. The van der Waals surface area contributed by atoms with Gasteiger partial charge in [-0.05, 0) is 19.1 Å². The van der Waals surface area contributed by atoms with Crippen molar-refractivity contribution < 1.29 is 9.53 Å². The van der Waals surface area contributed by atoms with Crippen LogP contribution < -0.4 is 10.6 Å². The van der Waals surface area contributed by atoms with E-state index in [0.29, 0.717) is 19.0 Å². The minimum Gasteiger partial charge on any atom is -0.469 e. The summed E-state index contributed by atoms with van der Waals surface area (Å²) >= 11 is 0. The number of fused-ring (bicyclic) bond motifs is 1. The Morgan fingerprint density at radius 1 is 1.39 bits per heavy atom. The van der Waals surface area contributed by atoms with E-state index in [-0.39, 0.29) is 11.9 Å². The van der Waals surface area contributed by atoms with Crippen molar-refractivity contribution in [1.29, 1.82) is 0 Å². The fourth-order valence-electron chi connectivity index (χ4n) is 2.02. The molecule has 1 atom stereocenters. The number of rotatable bonds is 6. The van der Waals surface area contributed by atoms with Crippen LogP contribution in [0.2, 0.25) is 0 Å². The number of carbonyl (C=O) groups excluding carboxylic acids is 1. The van der Waals surface area contributed by atoms with Gasteiger partial charge in [0.15, 0.2) is 17.4 Å². The minimum atomic E-state index is -0.253. The average molecular weight is 318 g/mol. The van der Waals surface area contributed by atoms with Crippen LogP contribution in [-0.4, -0.2) is 46.7 Å². The second kappa shape index (κ2) is 8.11. The smallest absolute Gasteiger partial charge is 0.310 e. The molecule has 8 nitrogen and oxygen atoms in total. The maximum atomic E-state index is 11.4. The van der Waals surface area contributed by atoms with Crippen LogP contribution in [0.4, 0.5) is 0 Å². The standard InChI is InChI=1S/C15H22N6O2/c1-4-16-15(17-9-11(2)14(22)23-3)18-10-13-20-19-12-7-5-6-8-21(12)13/h5-8,11H,4,9-10H2,1-3H3,(H2,16,17,18). The number of nitrogens with one attached hydrogen (secondary N) is 2. The van der Waals surface area contributed by atoms with Gasteiger partial charge in [0.1, 0.15) is 6.54 Å². The van der Waals surface area contributed by atoms with E-state index in [2.05, 4.69) is 25.8 Å². The molecule has 0 aromatic carbocycles. The molecule has 2 aromatic rings. The van der Waals surface area contributed by atoms with Crippen molar-refractivity contribution in [1.82, 2.24) is 25.2 Å². The number of nitrogens with zero attached hydrogens (tertiary/aromatic N) is 4. The molecular weight excluding hydrogens is 296 g/mol. The molecule has 0 saturated carbocycles. The van der Waals surface area contributed by atoms with Crippen molar-refractivity contribution in [3.63, 3.8) is 0 Å². The number of guanidine groups is 1. The van der Waals surface area contributed by atoms with Gasteiger partial charge in [-0.3, -0.25) is 9.20 Å². The Labute approximate surface area is 135 Å². The second-order valence-corrected chi connectivity index (χ2v) is 5.05. The Hall–Kier alpha value is -2.64. The number of carbonyl (C=O) groups is 1. The van der Waals surface area contributed by atoms with Crippen molar-refractivity contribution >= 4 is 17.6 Å². The third-order valence-corrected chi connectivity index (χ3v) is 3.29. The third kappa shape index (κ3) is 4.41. The van der Waals surface area contributed by atoms with Crippen LogP contribution in [-0.2, 0) is 16.1 Å². The van der Waals surface area contributed by atoms with E-state index in [1.54, 1.807) is 6.92 Å². The Morgan fingerprint density at radius 2 is 2.22 bits per heavy atom. The van der Waals surface area contributed by atoms with Gasteiger partial charge < -0.3 is 15.4 Å². The SMILES string of the molecule is CCNC(=NCc1nnc2ccccn12)NCC(C)C(=O)OC. The van der Waals surface area contributed by atoms with Crippen LogP contribution in [0.5, 0.6) is 0 Å². The van der Waals surface area contributed by atoms with Crippen LogP contribution in [0, 0.1) is 5.92 Å². The van der Waals surface area contributed by atoms with Gasteiger partial charge in [-0.25, -0.2) is 4.99 Å². The molecule has 2 rings (SSSR count). The number of aromatic nitrogens is 3. The number of methoxy groups -OCH3 is 1. The fourth-order valence-corrected chi connectivity index (χ4v) is 2.02. The number of pyridine rings is 1. The molecule has 124 valence electrons. The van der Waals surface area contributed by atoms with Crippen molar-refractivity contribution in [3.8, 4) is 0 Å². The molecule has 0 aliphatic heterocycles. The zero-order valence-electron chi connectivity index (χ0n) is 13.6. The van der Waals surface area contributed by atoms with Crippen molar-refractivity contribution in [2.24, 2.45) is 10.9 Å². The lowest BCUT2D eigenvalue weighted by atomic mass is 10.2. The summed E-state index contributed by atoms with van der Waals surface area (Å²) in [5.74, 6) is 0.865. The summed E-state index contributed by atoms with van der Waals surface area (Å²) in [6.07, 6.45) is 1.90. The summed E-state index contributed by atoms with van der Waals surface area (Å²) in [6, 6.07) is 5.73. The van der Waals surface area contributed by atoms with E-state index in [4.69, 9.17) is 4.74 Å². The summed E-state index contributed by atoms with van der Waals surface area (Å²) in [5, 5.41) is 14.5. The molecule has 0 fully saturated rings. The van der Waals surface area contributed by atoms with Gasteiger partial charge in [0, 0.05) is 19.3 Å². The van der Waals surface area contributed by atoms with Crippen LogP contribution in [0.1, 0.15) is 19.7 Å². The Kier molecular flexibility index (Phi) is 5.90. The van der Waals surface area contributed by atoms with Gasteiger partial charge in [-0.15, -0.1) is 10.2 Å². The van der Waals surface area contributed by atoms with Crippen LogP contribution in [0.25, 0.3) is 5.65 Å².